The molecule has 0 aliphatic carbocycles. The van der Waals surface area contributed by atoms with Gasteiger partial charge in [0.1, 0.15) is 11.6 Å². The molecule has 0 bridgehead atoms. The standard InChI is InChI=1S/C19H26N6/c1-4-11-25-14(3)16(13(2)24-25)12-21-19-15-7-5-6-8-17(15)22-18(23-19)9-10-20/h5-8H,4,9-12,20H2,1-3H3,(H,21,22,23). The zero-order chi connectivity index (χ0) is 17.8. The molecule has 0 amide bonds. The number of aryl methyl sites for hydroxylation is 2. The Kier molecular flexibility index (Phi) is 5.28. The smallest absolute Gasteiger partial charge is 0.137 e. The Hall–Kier alpha value is -2.47. The highest BCUT2D eigenvalue weighted by molar-refractivity contribution is 5.88. The van der Waals surface area contributed by atoms with Gasteiger partial charge in [-0.25, -0.2) is 9.97 Å². The van der Waals surface area contributed by atoms with Gasteiger partial charge in [0.05, 0.1) is 11.2 Å². The van der Waals surface area contributed by atoms with Crippen molar-refractivity contribution in [3.05, 3.63) is 47.0 Å². The number of anilines is 1. The highest BCUT2D eigenvalue weighted by atomic mass is 15.3. The maximum atomic E-state index is 5.68. The van der Waals surface area contributed by atoms with E-state index in [1.165, 1.54) is 11.3 Å². The number of hydrogen-bond acceptors (Lipinski definition) is 5. The minimum Gasteiger partial charge on any atom is -0.365 e. The average Bonchev–Trinajstić information content (AvgIpc) is 2.87. The molecule has 6 nitrogen and oxygen atoms in total. The van der Waals surface area contributed by atoms with Crippen LogP contribution in [0.25, 0.3) is 10.9 Å². The molecule has 3 aromatic rings. The summed E-state index contributed by atoms with van der Waals surface area (Å²) in [5.41, 5.74) is 10.1. The maximum absolute atomic E-state index is 5.68. The van der Waals surface area contributed by atoms with Crippen LogP contribution in [-0.4, -0.2) is 26.3 Å². The van der Waals surface area contributed by atoms with Crippen LogP contribution in [0.2, 0.25) is 0 Å². The quantitative estimate of drug-likeness (QED) is 0.692. The number of nitrogens with two attached hydrogens (primary N) is 1. The number of rotatable bonds is 7. The van der Waals surface area contributed by atoms with Gasteiger partial charge in [-0.15, -0.1) is 0 Å². The van der Waals surface area contributed by atoms with Crippen molar-refractivity contribution < 1.29 is 0 Å². The minimum absolute atomic E-state index is 0.541. The first-order valence-electron chi connectivity index (χ1n) is 8.86. The van der Waals surface area contributed by atoms with Crippen molar-refractivity contribution in [2.75, 3.05) is 11.9 Å². The van der Waals surface area contributed by atoms with Crippen LogP contribution in [0.4, 0.5) is 5.82 Å². The van der Waals surface area contributed by atoms with E-state index in [9.17, 15) is 0 Å². The zero-order valence-electron chi connectivity index (χ0n) is 15.2. The summed E-state index contributed by atoms with van der Waals surface area (Å²) in [4.78, 5) is 9.28. The molecule has 0 spiro atoms. The van der Waals surface area contributed by atoms with Crippen molar-refractivity contribution in [2.24, 2.45) is 5.73 Å². The Balaban J connectivity index is 1.90. The Morgan fingerprint density at radius 3 is 2.72 bits per heavy atom. The van der Waals surface area contributed by atoms with Crippen molar-refractivity contribution in [1.29, 1.82) is 0 Å². The Labute approximate surface area is 148 Å². The monoisotopic (exact) mass is 338 g/mol. The highest BCUT2D eigenvalue weighted by Gasteiger charge is 2.13. The van der Waals surface area contributed by atoms with E-state index in [0.29, 0.717) is 19.5 Å². The lowest BCUT2D eigenvalue weighted by Crippen LogP contribution is -2.10. The number of nitrogens with zero attached hydrogens (tertiary/aromatic N) is 4. The van der Waals surface area contributed by atoms with Crippen molar-refractivity contribution in [3.8, 4) is 0 Å². The van der Waals surface area contributed by atoms with Crippen LogP contribution in [-0.2, 0) is 19.5 Å². The lowest BCUT2D eigenvalue weighted by molar-refractivity contribution is 0.582. The van der Waals surface area contributed by atoms with Crippen molar-refractivity contribution in [3.63, 3.8) is 0 Å². The highest BCUT2D eigenvalue weighted by Crippen LogP contribution is 2.22. The van der Waals surface area contributed by atoms with Crippen LogP contribution in [0, 0.1) is 13.8 Å². The maximum Gasteiger partial charge on any atom is 0.137 e. The number of hydrogen-bond donors (Lipinski definition) is 2. The van der Waals surface area contributed by atoms with Gasteiger partial charge in [-0.2, -0.15) is 5.10 Å². The minimum atomic E-state index is 0.541. The molecule has 2 heterocycles. The molecule has 3 rings (SSSR count). The van der Waals surface area contributed by atoms with Gasteiger partial charge in [0, 0.05) is 36.2 Å². The zero-order valence-corrected chi connectivity index (χ0v) is 15.2. The van der Waals surface area contributed by atoms with Gasteiger partial charge in [-0.05, 0) is 38.9 Å². The van der Waals surface area contributed by atoms with E-state index in [4.69, 9.17) is 5.73 Å². The second-order valence-corrected chi connectivity index (χ2v) is 6.27. The normalized spacial score (nSPS) is 11.2. The summed E-state index contributed by atoms with van der Waals surface area (Å²) in [5, 5.41) is 9.17. The third kappa shape index (κ3) is 3.64. The lowest BCUT2D eigenvalue weighted by Gasteiger charge is -2.11. The fraction of sp³-hybridized carbons (Fsp3) is 0.421. The number of nitrogens with one attached hydrogen (secondary N) is 1. The molecule has 0 radical (unpaired) electrons. The molecule has 0 fully saturated rings. The molecule has 0 atom stereocenters. The summed E-state index contributed by atoms with van der Waals surface area (Å²) >= 11 is 0. The molecule has 0 saturated carbocycles. The van der Waals surface area contributed by atoms with Gasteiger partial charge >= 0.3 is 0 Å². The van der Waals surface area contributed by atoms with Crippen molar-refractivity contribution in [1.82, 2.24) is 19.7 Å². The van der Waals surface area contributed by atoms with E-state index >= 15 is 0 Å². The van der Waals surface area contributed by atoms with Crippen LogP contribution in [0.5, 0.6) is 0 Å². The molecule has 6 heteroatoms. The molecular weight excluding hydrogens is 312 g/mol. The molecule has 0 unspecified atom stereocenters. The second-order valence-electron chi connectivity index (χ2n) is 6.27. The molecule has 2 aromatic heterocycles. The third-order valence-corrected chi connectivity index (χ3v) is 4.42. The molecule has 0 aliphatic heterocycles. The first-order chi connectivity index (χ1) is 12.1. The van der Waals surface area contributed by atoms with Crippen molar-refractivity contribution in [2.45, 2.75) is 46.7 Å². The van der Waals surface area contributed by atoms with Gasteiger partial charge in [0.2, 0.25) is 0 Å². The summed E-state index contributed by atoms with van der Waals surface area (Å²) in [6.07, 6.45) is 1.75. The fourth-order valence-corrected chi connectivity index (χ4v) is 3.09. The summed E-state index contributed by atoms with van der Waals surface area (Å²) in [5.74, 6) is 1.63. The number of fused-ring (bicyclic) bond motifs is 1. The number of para-hydroxylation sites is 1. The Morgan fingerprint density at radius 2 is 1.96 bits per heavy atom. The Bertz CT molecular complexity index is 868. The summed E-state index contributed by atoms with van der Waals surface area (Å²) < 4.78 is 2.09. The summed E-state index contributed by atoms with van der Waals surface area (Å²) in [7, 11) is 0. The van der Waals surface area contributed by atoms with Gasteiger partial charge in [0.25, 0.3) is 0 Å². The van der Waals surface area contributed by atoms with Crippen LogP contribution in [0.15, 0.2) is 24.3 Å². The predicted molar refractivity (Wildman–Crippen MR) is 102 cm³/mol. The molecular formula is C19H26N6. The van der Waals surface area contributed by atoms with Crippen molar-refractivity contribution >= 4 is 16.7 Å². The third-order valence-electron chi connectivity index (χ3n) is 4.42. The largest absolute Gasteiger partial charge is 0.365 e. The van der Waals surface area contributed by atoms with E-state index < -0.39 is 0 Å². The van der Waals surface area contributed by atoms with Crippen LogP contribution in [0.1, 0.15) is 36.1 Å². The van der Waals surface area contributed by atoms with Gasteiger partial charge in [-0.3, -0.25) is 4.68 Å². The van der Waals surface area contributed by atoms with Crippen LogP contribution < -0.4 is 11.1 Å². The molecule has 1 aromatic carbocycles. The Morgan fingerprint density at radius 1 is 1.16 bits per heavy atom. The average molecular weight is 338 g/mol. The van der Waals surface area contributed by atoms with E-state index in [1.54, 1.807) is 0 Å². The molecule has 3 N–H and O–H groups in total. The first-order valence-corrected chi connectivity index (χ1v) is 8.86. The van der Waals surface area contributed by atoms with Crippen LogP contribution in [0.3, 0.4) is 0 Å². The second kappa shape index (κ2) is 7.61. The van der Waals surface area contributed by atoms with Gasteiger partial charge in [0.15, 0.2) is 0 Å². The SMILES string of the molecule is CCCn1nc(C)c(CNc2nc(CCN)nc3ccccc23)c1C. The summed E-state index contributed by atoms with van der Waals surface area (Å²) in [6, 6.07) is 8.06. The molecule has 0 saturated heterocycles. The van der Waals surface area contributed by atoms with Crippen LogP contribution >= 0.6 is 0 Å². The predicted octanol–water partition coefficient (Wildman–Crippen LogP) is 2.97. The molecule has 0 aliphatic rings. The first kappa shape index (κ1) is 17.4. The van der Waals surface area contributed by atoms with Gasteiger partial charge < -0.3 is 11.1 Å². The number of benzene rings is 1. The van der Waals surface area contributed by atoms with E-state index in [2.05, 4.69) is 45.8 Å². The van der Waals surface area contributed by atoms with Gasteiger partial charge in [-0.1, -0.05) is 19.1 Å². The fourth-order valence-electron chi connectivity index (χ4n) is 3.09. The van der Waals surface area contributed by atoms with E-state index in [-0.39, 0.29) is 0 Å². The summed E-state index contributed by atoms with van der Waals surface area (Å²) in [6.45, 7) is 8.55. The molecule has 132 valence electrons. The topological polar surface area (TPSA) is 81.7 Å². The number of aromatic nitrogens is 4. The molecule has 25 heavy (non-hydrogen) atoms. The van der Waals surface area contributed by atoms with E-state index in [1.807, 2.05) is 24.3 Å². The lowest BCUT2D eigenvalue weighted by atomic mass is 10.2. The van der Waals surface area contributed by atoms with E-state index in [0.717, 1.165) is 41.2 Å².